The SMILES string of the molecule is Cc1cnc(NC2CCN(C)CC2)nc1-n1cnc(C(=O)NCc2cccc(Cl)c2)c1. The number of carbonyl (C=O) groups excluding carboxylic acids is 1. The van der Waals surface area contributed by atoms with E-state index < -0.39 is 0 Å². The molecule has 2 N–H and O–H groups in total. The zero-order valence-electron chi connectivity index (χ0n) is 17.7. The number of amides is 1. The smallest absolute Gasteiger partial charge is 0.271 e. The maximum atomic E-state index is 12.5. The van der Waals surface area contributed by atoms with Gasteiger partial charge in [0.25, 0.3) is 5.91 Å². The minimum atomic E-state index is -0.255. The number of halogens is 1. The van der Waals surface area contributed by atoms with Crippen LogP contribution in [0.2, 0.25) is 5.02 Å². The van der Waals surface area contributed by atoms with Crippen molar-refractivity contribution in [1.82, 2.24) is 29.7 Å². The third kappa shape index (κ3) is 5.39. The van der Waals surface area contributed by atoms with E-state index in [-0.39, 0.29) is 5.91 Å². The third-order valence-electron chi connectivity index (χ3n) is 5.40. The lowest BCUT2D eigenvalue weighted by Crippen LogP contribution is -2.37. The zero-order valence-corrected chi connectivity index (χ0v) is 18.4. The number of hydrogen-bond donors (Lipinski definition) is 2. The minimum absolute atomic E-state index is 0.255. The Kier molecular flexibility index (Phi) is 6.48. The normalized spacial score (nSPS) is 15.1. The molecule has 1 aliphatic rings. The van der Waals surface area contributed by atoms with Gasteiger partial charge in [0.05, 0.1) is 0 Å². The van der Waals surface area contributed by atoms with Crippen LogP contribution >= 0.6 is 11.6 Å². The number of benzene rings is 1. The predicted molar refractivity (Wildman–Crippen MR) is 121 cm³/mol. The number of piperidine rings is 1. The molecule has 1 aromatic carbocycles. The Labute approximate surface area is 186 Å². The molecular weight excluding hydrogens is 414 g/mol. The molecule has 9 heteroatoms. The number of nitrogens with one attached hydrogen (secondary N) is 2. The summed E-state index contributed by atoms with van der Waals surface area (Å²) >= 11 is 6.00. The first-order valence-electron chi connectivity index (χ1n) is 10.3. The molecule has 0 unspecified atom stereocenters. The fourth-order valence-corrected chi connectivity index (χ4v) is 3.79. The molecule has 0 spiro atoms. The van der Waals surface area contributed by atoms with Crippen molar-refractivity contribution in [3.8, 4) is 5.82 Å². The quantitative estimate of drug-likeness (QED) is 0.613. The van der Waals surface area contributed by atoms with Gasteiger partial charge in [-0.2, -0.15) is 4.98 Å². The lowest BCUT2D eigenvalue weighted by Gasteiger charge is -2.29. The molecule has 8 nitrogen and oxygen atoms in total. The monoisotopic (exact) mass is 439 g/mol. The highest BCUT2D eigenvalue weighted by Gasteiger charge is 2.18. The number of imidazole rings is 1. The molecule has 2 aromatic heterocycles. The second kappa shape index (κ2) is 9.45. The van der Waals surface area contributed by atoms with E-state index in [4.69, 9.17) is 11.6 Å². The van der Waals surface area contributed by atoms with Crippen molar-refractivity contribution in [2.75, 3.05) is 25.5 Å². The lowest BCUT2D eigenvalue weighted by atomic mass is 10.1. The molecule has 0 bridgehead atoms. The van der Waals surface area contributed by atoms with Gasteiger partial charge in [-0.05, 0) is 57.6 Å². The third-order valence-corrected chi connectivity index (χ3v) is 5.63. The molecule has 1 fully saturated rings. The summed E-state index contributed by atoms with van der Waals surface area (Å²) in [5.41, 5.74) is 2.15. The Hall–Kier alpha value is -2.97. The Morgan fingerprint density at radius 2 is 2.06 bits per heavy atom. The van der Waals surface area contributed by atoms with Crippen LogP contribution in [0.25, 0.3) is 5.82 Å². The first-order valence-corrected chi connectivity index (χ1v) is 10.7. The molecule has 0 saturated carbocycles. The van der Waals surface area contributed by atoms with E-state index in [9.17, 15) is 4.79 Å². The summed E-state index contributed by atoms with van der Waals surface area (Å²) in [6, 6.07) is 7.75. The van der Waals surface area contributed by atoms with E-state index in [1.807, 2.05) is 25.1 Å². The van der Waals surface area contributed by atoms with Crippen LogP contribution in [-0.2, 0) is 6.54 Å². The topological polar surface area (TPSA) is 88.0 Å². The molecule has 4 rings (SSSR count). The van der Waals surface area contributed by atoms with Gasteiger partial charge >= 0.3 is 0 Å². The summed E-state index contributed by atoms with van der Waals surface area (Å²) in [6.45, 7) is 4.44. The molecule has 0 atom stereocenters. The van der Waals surface area contributed by atoms with Gasteiger partial charge in [-0.1, -0.05) is 23.7 Å². The molecule has 3 aromatic rings. The first kappa shape index (κ1) is 21.3. The first-order chi connectivity index (χ1) is 15.0. The molecule has 1 aliphatic heterocycles. The van der Waals surface area contributed by atoms with Crippen molar-refractivity contribution in [2.45, 2.75) is 32.4 Å². The van der Waals surface area contributed by atoms with Gasteiger partial charge in [-0.3, -0.25) is 9.36 Å². The van der Waals surface area contributed by atoms with Gasteiger partial charge in [-0.15, -0.1) is 0 Å². The number of likely N-dealkylation sites (tertiary alicyclic amines) is 1. The molecule has 1 saturated heterocycles. The van der Waals surface area contributed by atoms with E-state index in [1.165, 1.54) is 0 Å². The number of aryl methyl sites for hydroxylation is 1. The van der Waals surface area contributed by atoms with E-state index in [1.54, 1.807) is 29.4 Å². The number of rotatable bonds is 6. The average molecular weight is 440 g/mol. The molecular formula is C22H26ClN7O. The van der Waals surface area contributed by atoms with Crippen LogP contribution in [0.15, 0.2) is 43.0 Å². The van der Waals surface area contributed by atoms with Crippen LogP contribution in [0.3, 0.4) is 0 Å². The van der Waals surface area contributed by atoms with Crippen molar-refractivity contribution >= 4 is 23.5 Å². The molecule has 31 heavy (non-hydrogen) atoms. The Morgan fingerprint density at radius 1 is 1.26 bits per heavy atom. The van der Waals surface area contributed by atoms with Crippen molar-refractivity contribution in [1.29, 1.82) is 0 Å². The van der Waals surface area contributed by atoms with Gasteiger partial charge in [0.15, 0.2) is 0 Å². The van der Waals surface area contributed by atoms with Crippen molar-refractivity contribution in [3.05, 3.63) is 64.8 Å². The van der Waals surface area contributed by atoms with Crippen molar-refractivity contribution in [2.24, 2.45) is 0 Å². The van der Waals surface area contributed by atoms with Gasteiger partial charge in [0, 0.05) is 35.6 Å². The van der Waals surface area contributed by atoms with Crippen LogP contribution in [-0.4, -0.2) is 56.5 Å². The number of hydrogen-bond acceptors (Lipinski definition) is 6. The Balaban J connectivity index is 1.43. The summed E-state index contributed by atoms with van der Waals surface area (Å²) in [5.74, 6) is 1.04. The number of aromatic nitrogens is 4. The molecule has 3 heterocycles. The van der Waals surface area contributed by atoms with Crippen LogP contribution in [0.1, 0.15) is 34.5 Å². The summed E-state index contributed by atoms with van der Waals surface area (Å²) in [7, 11) is 2.14. The molecule has 0 aliphatic carbocycles. The summed E-state index contributed by atoms with van der Waals surface area (Å²) in [6.07, 6.45) is 7.19. The summed E-state index contributed by atoms with van der Waals surface area (Å²) in [5, 5.41) is 6.95. The van der Waals surface area contributed by atoms with Gasteiger partial charge in [0.1, 0.15) is 17.8 Å². The van der Waals surface area contributed by atoms with E-state index >= 15 is 0 Å². The molecule has 1 amide bonds. The predicted octanol–water partition coefficient (Wildman–Crippen LogP) is 3.06. The summed E-state index contributed by atoms with van der Waals surface area (Å²) in [4.78, 5) is 28.2. The highest BCUT2D eigenvalue weighted by atomic mass is 35.5. The number of anilines is 1. The maximum Gasteiger partial charge on any atom is 0.271 e. The van der Waals surface area contributed by atoms with Gasteiger partial charge in [-0.25, -0.2) is 9.97 Å². The fraction of sp³-hybridized carbons (Fsp3) is 0.364. The maximum absolute atomic E-state index is 12.5. The largest absolute Gasteiger partial charge is 0.351 e. The van der Waals surface area contributed by atoms with Crippen LogP contribution in [0.5, 0.6) is 0 Å². The number of carbonyl (C=O) groups is 1. The van der Waals surface area contributed by atoms with Crippen molar-refractivity contribution in [3.63, 3.8) is 0 Å². The average Bonchev–Trinajstić information content (AvgIpc) is 3.25. The van der Waals surface area contributed by atoms with E-state index in [0.29, 0.717) is 35.1 Å². The second-order valence-electron chi connectivity index (χ2n) is 7.90. The number of nitrogens with zero attached hydrogens (tertiary/aromatic N) is 5. The molecule has 0 radical (unpaired) electrons. The van der Waals surface area contributed by atoms with Crippen LogP contribution < -0.4 is 10.6 Å². The Morgan fingerprint density at radius 3 is 2.84 bits per heavy atom. The fourth-order valence-electron chi connectivity index (χ4n) is 3.58. The van der Waals surface area contributed by atoms with Crippen LogP contribution in [0, 0.1) is 6.92 Å². The van der Waals surface area contributed by atoms with Crippen LogP contribution in [0.4, 0.5) is 5.95 Å². The lowest BCUT2D eigenvalue weighted by molar-refractivity contribution is 0.0946. The van der Waals surface area contributed by atoms with Crippen molar-refractivity contribution < 1.29 is 4.79 Å². The highest BCUT2D eigenvalue weighted by molar-refractivity contribution is 6.30. The molecule has 162 valence electrons. The van der Waals surface area contributed by atoms with Gasteiger partial charge < -0.3 is 15.5 Å². The van der Waals surface area contributed by atoms with Gasteiger partial charge in [0.2, 0.25) is 5.95 Å². The highest BCUT2D eigenvalue weighted by Crippen LogP contribution is 2.17. The summed E-state index contributed by atoms with van der Waals surface area (Å²) < 4.78 is 1.76. The second-order valence-corrected chi connectivity index (χ2v) is 8.34. The standard InChI is InChI=1S/C22H26ClN7O/c1-15-11-25-22(27-18-6-8-29(2)9-7-18)28-20(15)30-13-19(26-14-30)21(31)24-12-16-4-3-5-17(23)10-16/h3-5,10-11,13-14,18H,6-9,12H2,1-2H3,(H,24,31)(H,25,27,28). The van der Waals surface area contributed by atoms with E-state index in [0.717, 1.165) is 37.1 Å². The minimum Gasteiger partial charge on any atom is -0.351 e. The zero-order chi connectivity index (χ0) is 21.8. The van der Waals surface area contributed by atoms with E-state index in [2.05, 4.69) is 37.5 Å². The Bertz CT molecular complexity index is 1060.